The third kappa shape index (κ3) is 5.20. The topological polar surface area (TPSA) is 136 Å². The highest BCUT2D eigenvalue weighted by molar-refractivity contribution is 7.98. The normalized spacial score (nSPS) is 14.4. The SMILES string of the molecule is CSCCC(C(=O)OC(C)C(=O)Nc1ccc([N+](=O)[O-])cc1Cl)N1C(=O)c2ccccc2C1=O. The summed E-state index contributed by atoms with van der Waals surface area (Å²) in [7, 11) is 0. The highest BCUT2D eigenvalue weighted by Crippen LogP contribution is 2.28. The van der Waals surface area contributed by atoms with Crippen LogP contribution in [0.5, 0.6) is 0 Å². The lowest BCUT2D eigenvalue weighted by Crippen LogP contribution is -2.47. The lowest BCUT2D eigenvalue weighted by molar-refractivity contribution is -0.384. The van der Waals surface area contributed by atoms with Gasteiger partial charge in [0.2, 0.25) is 0 Å². The molecule has 3 rings (SSSR count). The van der Waals surface area contributed by atoms with Crippen LogP contribution in [0.1, 0.15) is 34.1 Å². The van der Waals surface area contributed by atoms with Gasteiger partial charge in [-0.05, 0) is 43.6 Å². The smallest absolute Gasteiger partial charge is 0.330 e. The first kappa shape index (κ1) is 25.2. The zero-order chi connectivity index (χ0) is 25.0. The molecule has 0 spiro atoms. The molecule has 3 amide bonds. The number of anilines is 1. The number of benzene rings is 2. The van der Waals surface area contributed by atoms with Crippen LogP contribution in [0.15, 0.2) is 42.5 Å². The van der Waals surface area contributed by atoms with Gasteiger partial charge >= 0.3 is 5.97 Å². The van der Waals surface area contributed by atoms with Gasteiger partial charge in [0.1, 0.15) is 6.04 Å². The number of rotatable bonds is 9. The van der Waals surface area contributed by atoms with Crippen LogP contribution in [-0.4, -0.2) is 57.7 Å². The second-order valence-corrected chi connectivity index (χ2v) is 8.71. The van der Waals surface area contributed by atoms with E-state index in [-0.39, 0.29) is 33.9 Å². The fourth-order valence-corrected chi connectivity index (χ4v) is 4.01. The number of esters is 1. The van der Waals surface area contributed by atoms with E-state index >= 15 is 0 Å². The molecule has 2 aromatic rings. The van der Waals surface area contributed by atoms with Crippen LogP contribution in [0, 0.1) is 10.1 Å². The van der Waals surface area contributed by atoms with Crippen LogP contribution in [0.4, 0.5) is 11.4 Å². The maximum atomic E-state index is 13.0. The molecule has 0 saturated heterocycles. The maximum absolute atomic E-state index is 13.0. The summed E-state index contributed by atoms with van der Waals surface area (Å²) in [6.07, 6.45) is 0.661. The summed E-state index contributed by atoms with van der Waals surface area (Å²) in [6, 6.07) is 8.56. The van der Waals surface area contributed by atoms with Gasteiger partial charge in [0.25, 0.3) is 23.4 Å². The lowest BCUT2D eigenvalue weighted by Gasteiger charge is -2.25. The number of halogens is 1. The summed E-state index contributed by atoms with van der Waals surface area (Å²) in [5, 5.41) is 13.2. The van der Waals surface area contributed by atoms with E-state index in [9.17, 15) is 29.3 Å². The van der Waals surface area contributed by atoms with Crippen molar-refractivity contribution in [2.45, 2.75) is 25.5 Å². The fourth-order valence-electron chi connectivity index (χ4n) is 3.33. The molecule has 1 aliphatic heterocycles. The van der Waals surface area contributed by atoms with Gasteiger partial charge in [-0.3, -0.25) is 29.4 Å². The Morgan fingerprint density at radius 3 is 2.32 bits per heavy atom. The van der Waals surface area contributed by atoms with Crippen molar-refractivity contribution in [3.63, 3.8) is 0 Å². The zero-order valence-corrected chi connectivity index (χ0v) is 19.7. The highest BCUT2D eigenvalue weighted by Gasteiger charge is 2.43. The molecule has 1 aliphatic rings. The molecule has 0 fully saturated rings. The van der Waals surface area contributed by atoms with Crippen molar-refractivity contribution in [3.05, 3.63) is 68.7 Å². The van der Waals surface area contributed by atoms with Crippen LogP contribution >= 0.6 is 23.4 Å². The summed E-state index contributed by atoms with van der Waals surface area (Å²) >= 11 is 7.41. The molecule has 0 bridgehead atoms. The Bertz CT molecular complexity index is 1140. The Labute approximate surface area is 203 Å². The molecule has 0 aliphatic carbocycles. The molecule has 0 saturated carbocycles. The first-order valence-electron chi connectivity index (χ1n) is 10.1. The van der Waals surface area contributed by atoms with Gasteiger partial charge in [-0.1, -0.05) is 23.7 Å². The summed E-state index contributed by atoms with van der Waals surface area (Å²) in [4.78, 5) is 62.3. The van der Waals surface area contributed by atoms with Crippen molar-refractivity contribution in [2.75, 3.05) is 17.3 Å². The number of ether oxygens (including phenoxy) is 1. The van der Waals surface area contributed by atoms with Gasteiger partial charge in [-0.15, -0.1) is 0 Å². The number of nitro groups is 1. The minimum Gasteiger partial charge on any atom is -0.451 e. The monoisotopic (exact) mass is 505 g/mol. The van der Waals surface area contributed by atoms with E-state index in [4.69, 9.17) is 16.3 Å². The van der Waals surface area contributed by atoms with E-state index in [0.717, 1.165) is 11.0 Å². The third-order valence-electron chi connectivity index (χ3n) is 5.09. The molecule has 1 heterocycles. The largest absolute Gasteiger partial charge is 0.451 e. The molecule has 34 heavy (non-hydrogen) atoms. The van der Waals surface area contributed by atoms with Crippen molar-refractivity contribution < 1.29 is 28.8 Å². The van der Waals surface area contributed by atoms with Crippen LogP contribution < -0.4 is 5.32 Å². The quantitative estimate of drug-likeness (QED) is 0.236. The Morgan fingerprint density at radius 1 is 1.18 bits per heavy atom. The van der Waals surface area contributed by atoms with Gasteiger partial charge < -0.3 is 10.1 Å². The van der Waals surface area contributed by atoms with Crippen molar-refractivity contribution in [1.82, 2.24) is 4.90 Å². The number of carbonyl (C=O) groups is 4. The number of imide groups is 1. The number of hydrogen-bond donors (Lipinski definition) is 1. The average Bonchev–Trinajstić information content (AvgIpc) is 3.05. The fraction of sp³-hybridized carbons (Fsp3) is 0.273. The molecule has 0 aromatic heterocycles. The van der Waals surface area contributed by atoms with Crippen LogP contribution in [0.2, 0.25) is 5.02 Å². The van der Waals surface area contributed by atoms with Crippen molar-refractivity contribution in [2.24, 2.45) is 0 Å². The number of amides is 3. The van der Waals surface area contributed by atoms with Gasteiger partial charge in [0, 0.05) is 12.1 Å². The number of fused-ring (bicyclic) bond motifs is 1. The van der Waals surface area contributed by atoms with E-state index in [1.165, 1.54) is 43.0 Å². The van der Waals surface area contributed by atoms with Crippen LogP contribution in [0.3, 0.4) is 0 Å². The Kier molecular flexibility index (Phi) is 7.90. The van der Waals surface area contributed by atoms with Crippen molar-refractivity contribution in [1.29, 1.82) is 0 Å². The highest BCUT2D eigenvalue weighted by atomic mass is 35.5. The molecular weight excluding hydrogens is 486 g/mol. The summed E-state index contributed by atoms with van der Waals surface area (Å²) < 4.78 is 5.30. The van der Waals surface area contributed by atoms with E-state index in [1.807, 2.05) is 6.26 Å². The summed E-state index contributed by atoms with van der Waals surface area (Å²) in [5.41, 5.74) is 0.251. The number of non-ortho nitro benzene ring substituents is 1. The second kappa shape index (κ2) is 10.7. The Morgan fingerprint density at radius 2 is 1.79 bits per heavy atom. The molecular formula is C22H20ClN3O7S. The molecule has 2 unspecified atom stereocenters. The van der Waals surface area contributed by atoms with Gasteiger partial charge in [-0.25, -0.2) is 4.79 Å². The van der Waals surface area contributed by atoms with Gasteiger partial charge in [-0.2, -0.15) is 11.8 Å². The number of hydrogen-bond acceptors (Lipinski definition) is 8. The van der Waals surface area contributed by atoms with Crippen LogP contribution in [-0.2, 0) is 14.3 Å². The minimum atomic E-state index is -1.30. The number of thioether (sulfide) groups is 1. The lowest BCUT2D eigenvalue weighted by atomic mass is 10.1. The standard InChI is InChI=1S/C22H20ClN3O7S/c1-12(19(27)24-17-8-7-13(26(31)32)11-16(17)23)33-22(30)18(9-10-34-2)25-20(28)14-5-3-4-6-15(14)21(25)29/h3-8,11-12,18H,9-10H2,1-2H3,(H,24,27). The number of nitrogens with one attached hydrogen (secondary N) is 1. The molecule has 0 radical (unpaired) electrons. The average molecular weight is 506 g/mol. The molecule has 2 aromatic carbocycles. The summed E-state index contributed by atoms with van der Waals surface area (Å²) in [5.74, 6) is -2.38. The van der Waals surface area contributed by atoms with Crippen molar-refractivity contribution >= 4 is 58.4 Å². The zero-order valence-electron chi connectivity index (χ0n) is 18.1. The van der Waals surface area contributed by atoms with E-state index < -0.39 is 40.8 Å². The minimum absolute atomic E-state index is 0.0649. The van der Waals surface area contributed by atoms with E-state index in [1.54, 1.807) is 12.1 Å². The molecule has 2 atom stereocenters. The Balaban J connectivity index is 1.73. The maximum Gasteiger partial charge on any atom is 0.330 e. The molecule has 10 nitrogen and oxygen atoms in total. The summed E-state index contributed by atoms with van der Waals surface area (Å²) in [6.45, 7) is 1.32. The first-order valence-corrected chi connectivity index (χ1v) is 11.8. The van der Waals surface area contributed by atoms with Gasteiger partial charge in [0.15, 0.2) is 6.10 Å². The number of carbonyl (C=O) groups excluding carboxylic acids is 4. The number of nitrogens with zero attached hydrogens (tertiary/aromatic N) is 2. The third-order valence-corrected chi connectivity index (χ3v) is 6.04. The Hall–Kier alpha value is -3.44. The second-order valence-electron chi connectivity index (χ2n) is 7.31. The van der Waals surface area contributed by atoms with Crippen molar-refractivity contribution in [3.8, 4) is 0 Å². The predicted molar refractivity (Wildman–Crippen MR) is 126 cm³/mol. The van der Waals surface area contributed by atoms with Crippen LogP contribution in [0.25, 0.3) is 0 Å². The number of nitro benzene ring substituents is 1. The molecule has 12 heteroatoms. The van der Waals surface area contributed by atoms with Gasteiger partial charge in [0.05, 0.1) is 26.8 Å². The first-order chi connectivity index (χ1) is 16.1. The van der Waals surface area contributed by atoms with E-state index in [2.05, 4.69) is 5.32 Å². The molecule has 178 valence electrons. The predicted octanol–water partition coefficient (Wildman–Crippen LogP) is 3.54. The molecule has 1 N–H and O–H groups in total. The van der Waals surface area contributed by atoms with E-state index in [0.29, 0.717) is 5.75 Å².